The van der Waals surface area contributed by atoms with Crippen molar-refractivity contribution in [3.8, 4) is 0 Å². The van der Waals surface area contributed by atoms with Crippen LogP contribution in [0.5, 0.6) is 0 Å². The number of rotatable bonds is 4. The van der Waals surface area contributed by atoms with Crippen molar-refractivity contribution >= 4 is 5.97 Å². The molecule has 4 nitrogen and oxygen atoms in total. The Kier molecular flexibility index (Phi) is 4.37. The first kappa shape index (κ1) is 16.6. The Balaban J connectivity index is 1.85. The molecule has 0 saturated carbocycles. The monoisotopic (exact) mass is 328 g/mol. The smallest absolute Gasteiger partial charge is 0.337 e. The molecule has 1 atom stereocenters. The van der Waals surface area contributed by atoms with Crippen molar-refractivity contribution in [2.75, 3.05) is 6.54 Å². The van der Waals surface area contributed by atoms with E-state index >= 15 is 0 Å². The van der Waals surface area contributed by atoms with Gasteiger partial charge in [-0.1, -0.05) is 12.1 Å². The predicted octanol–water partition coefficient (Wildman–Crippen LogP) is 3.69. The van der Waals surface area contributed by atoms with Crippen LogP contribution in [0.1, 0.15) is 47.8 Å². The average molecular weight is 328 g/mol. The lowest BCUT2D eigenvalue weighted by molar-refractivity contribution is 0.0691. The minimum Gasteiger partial charge on any atom is -0.478 e. The number of pyridine rings is 1. The number of nitrogens with zero attached hydrogens (tertiary/aromatic N) is 2. The first-order chi connectivity index (χ1) is 11.4. The summed E-state index contributed by atoms with van der Waals surface area (Å²) in [5.41, 5.74) is 1.59. The molecule has 1 aliphatic rings. The van der Waals surface area contributed by atoms with Gasteiger partial charge in [0.1, 0.15) is 5.82 Å². The molecule has 24 heavy (non-hydrogen) atoms. The molecule has 5 heteroatoms. The molecule has 2 aromatic rings. The van der Waals surface area contributed by atoms with E-state index in [1.54, 1.807) is 30.5 Å². The Hall–Kier alpha value is -2.27. The van der Waals surface area contributed by atoms with Crippen LogP contribution in [0.4, 0.5) is 4.39 Å². The topological polar surface area (TPSA) is 53.4 Å². The number of carbonyl (C=O) groups is 1. The van der Waals surface area contributed by atoms with E-state index in [4.69, 9.17) is 0 Å². The maximum atomic E-state index is 13.6. The number of benzene rings is 1. The number of likely N-dealkylation sites (tertiary alicyclic amines) is 1. The van der Waals surface area contributed by atoms with Gasteiger partial charge in [0, 0.05) is 24.2 Å². The van der Waals surface area contributed by atoms with Crippen LogP contribution in [0.25, 0.3) is 0 Å². The molecular formula is C19H21FN2O2. The van der Waals surface area contributed by atoms with Gasteiger partial charge in [-0.3, -0.25) is 9.88 Å². The zero-order valence-electron chi connectivity index (χ0n) is 13.9. The van der Waals surface area contributed by atoms with Crippen LogP contribution in [0.3, 0.4) is 0 Å². The van der Waals surface area contributed by atoms with Gasteiger partial charge >= 0.3 is 5.97 Å². The molecule has 0 unspecified atom stereocenters. The Morgan fingerprint density at radius 3 is 2.88 bits per heavy atom. The maximum Gasteiger partial charge on any atom is 0.337 e. The van der Waals surface area contributed by atoms with E-state index < -0.39 is 5.97 Å². The van der Waals surface area contributed by atoms with Gasteiger partial charge in [0.2, 0.25) is 0 Å². The van der Waals surface area contributed by atoms with Gasteiger partial charge < -0.3 is 5.11 Å². The second-order valence-corrected chi connectivity index (χ2v) is 6.77. The number of carboxylic acid groups (broad SMARTS) is 1. The summed E-state index contributed by atoms with van der Waals surface area (Å²) in [7, 11) is 0. The lowest BCUT2D eigenvalue weighted by Gasteiger charge is -2.36. The Morgan fingerprint density at radius 1 is 1.38 bits per heavy atom. The highest BCUT2D eigenvalue weighted by molar-refractivity contribution is 5.88. The van der Waals surface area contributed by atoms with Crippen LogP contribution < -0.4 is 0 Å². The van der Waals surface area contributed by atoms with E-state index in [1.165, 1.54) is 6.07 Å². The third-order valence-electron chi connectivity index (χ3n) is 5.07. The van der Waals surface area contributed by atoms with Crippen molar-refractivity contribution in [2.24, 2.45) is 0 Å². The van der Waals surface area contributed by atoms with Crippen molar-refractivity contribution in [1.29, 1.82) is 0 Å². The maximum absolute atomic E-state index is 13.6. The van der Waals surface area contributed by atoms with Gasteiger partial charge in [-0.15, -0.1) is 0 Å². The lowest BCUT2D eigenvalue weighted by atomic mass is 9.82. The van der Waals surface area contributed by atoms with Gasteiger partial charge in [-0.2, -0.15) is 0 Å². The van der Waals surface area contributed by atoms with Gasteiger partial charge in [0.15, 0.2) is 0 Å². The quantitative estimate of drug-likeness (QED) is 0.930. The van der Waals surface area contributed by atoms with Crippen molar-refractivity contribution in [2.45, 2.75) is 38.3 Å². The van der Waals surface area contributed by atoms with E-state index in [0.717, 1.165) is 18.5 Å². The van der Waals surface area contributed by atoms with Crippen LogP contribution in [-0.2, 0) is 6.54 Å². The number of aromatic carboxylic acids is 1. The number of halogens is 1. The zero-order valence-corrected chi connectivity index (χ0v) is 13.9. The van der Waals surface area contributed by atoms with E-state index in [2.05, 4.69) is 23.7 Å². The fraction of sp³-hybridized carbons (Fsp3) is 0.368. The molecule has 0 aliphatic carbocycles. The summed E-state index contributed by atoms with van der Waals surface area (Å²) in [4.78, 5) is 17.9. The first-order valence-electron chi connectivity index (χ1n) is 8.07. The average Bonchev–Trinajstić information content (AvgIpc) is 2.82. The summed E-state index contributed by atoms with van der Waals surface area (Å²) >= 11 is 0. The normalized spacial score (nSPS) is 20.2. The van der Waals surface area contributed by atoms with E-state index in [1.807, 2.05) is 6.07 Å². The summed E-state index contributed by atoms with van der Waals surface area (Å²) in [5, 5.41) is 9.33. The summed E-state index contributed by atoms with van der Waals surface area (Å²) in [6, 6.07) is 9.97. The molecule has 126 valence electrons. The highest BCUT2D eigenvalue weighted by Gasteiger charge is 2.42. The standard InChI is InChI=1S/C19H21FN2O2/c1-19(2)16(13-5-3-6-14(20)11-13)8-10-22(19)12-17-15(18(23)24)7-4-9-21-17/h3-7,9,11,16H,8,10,12H2,1-2H3,(H,23,24)/t16-/m1/s1. The lowest BCUT2D eigenvalue weighted by Crippen LogP contribution is -2.41. The molecule has 1 aromatic heterocycles. The molecule has 1 fully saturated rings. The minimum absolute atomic E-state index is 0.199. The molecule has 0 amide bonds. The highest BCUT2D eigenvalue weighted by Crippen LogP contribution is 2.42. The first-order valence-corrected chi connectivity index (χ1v) is 8.07. The molecule has 1 aromatic carbocycles. The van der Waals surface area contributed by atoms with Gasteiger partial charge in [-0.25, -0.2) is 9.18 Å². The SMILES string of the molecule is CC1(C)[C@@H](c2cccc(F)c2)CCN1Cc1ncccc1C(=O)O. The predicted molar refractivity (Wildman–Crippen MR) is 89.4 cm³/mol. The largest absolute Gasteiger partial charge is 0.478 e. The van der Waals surface area contributed by atoms with Crippen LogP contribution >= 0.6 is 0 Å². The second kappa shape index (κ2) is 6.32. The molecule has 1 aliphatic heterocycles. The Morgan fingerprint density at radius 2 is 2.17 bits per heavy atom. The van der Waals surface area contributed by atoms with E-state index in [-0.39, 0.29) is 22.8 Å². The van der Waals surface area contributed by atoms with Crippen LogP contribution in [0.15, 0.2) is 42.6 Å². The van der Waals surface area contributed by atoms with Crippen molar-refractivity contribution in [3.05, 3.63) is 65.2 Å². The van der Waals surface area contributed by atoms with Crippen molar-refractivity contribution < 1.29 is 14.3 Å². The van der Waals surface area contributed by atoms with Crippen LogP contribution in [-0.4, -0.2) is 33.0 Å². The summed E-state index contributed by atoms with van der Waals surface area (Å²) in [6.07, 6.45) is 2.53. The van der Waals surface area contributed by atoms with Gasteiger partial charge in [0.05, 0.1) is 11.3 Å². The number of hydrogen-bond acceptors (Lipinski definition) is 3. The molecule has 1 saturated heterocycles. The van der Waals surface area contributed by atoms with Crippen molar-refractivity contribution in [3.63, 3.8) is 0 Å². The van der Waals surface area contributed by atoms with Crippen LogP contribution in [0, 0.1) is 5.82 Å². The fourth-order valence-corrected chi connectivity index (χ4v) is 3.67. The van der Waals surface area contributed by atoms with Crippen molar-refractivity contribution in [1.82, 2.24) is 9.88 Å². The van der Waals surface area contributed by atoms with E-state index in [9.17, 15) is 14.3 Å². The Bertz CT molecular complexity index is 761. The molecule has 3 rings (SSSR count). The number of hydrogen-bond donors (Lipinski definition) is 1. The Labute approximate surface area is 141 Å². The zero-order chi connectivity index (χ0) is 17.3. The van der Waals surface area contributed by atoms with E-state index in [0.29, 0.717) is 12.2 Å². The number of carboxylic acids is 1. The van der Waals surface area contributed by atoms with Crippen LogP contribution in [0.2, 0.25) is 0 Å². The highest BCUT2D eigenvalue weighted by atomic mass is 19.1. The van der Waals surface area contributed by atoms with Gasteiger partial charge in [0.25, 0.3) is 0 Å². The molecule has 0 bridgehead atoms. The summed E-state index contributed by atoms with van der Waals surface area (Å²) in [5.74, 6) is -0.985. The van der Waals surface area contributed by atoms with Gasteiger partial charge in [-0.05, 0) is 56.6 Å². The molecule has 1 N–H and O–H groups in total. The molecular weight excluding hydrogens is 307 g/mol. The summed E-state index contributed by atoms with van der Waals surface area (Å²) < 4.78 is 13.6. The summed E-state index contributed by atoms with van der Waals surface area (Å²) in [6.45, 7) is 5.54. The fourth-order valence-electron chi connectivity index (χ4n) is 3.67. The third kappa shape index (κ3) is 3.04. The number of aromatic nitrogens is 1. The molecule has 0 spiro atoms. The molecule has 2 heterocycles. The second-order valence-electron chi connectivity index (χ2n) is 6.77. The minimum atomic E-state index is -0.961. The molecule has 0 radical (unpaired) electrons. The third-order valence-corrected chi connectivity index (χ3v) is 5.07.